The molecule has 86 valence electrons. The average Bonchev–Trinajstić information content (AvgIpc) is 2.62. The first-order valence-electron chi connectivity index (χ1n) is 4.85. The van der Waals surface area contributed by atoms with Crippen LogP contribution in [0.15, 0.2) is 0 Å². The molecule has 0 saturated carbocycles. The third-order valence-electron chi connectivity index (χ3n) is 1.75. The molecule has 6 nitrogen and oxygen atoms in total. The van der Waals surface area contributed by atoms with Gasteiger partial charge in [0.1, 0.15) is 13.2 Å². The molecule has 0 radical (unpaired) electrons. The first-order valence-corrected chi connectivity index (χ1v) is 4.85. The molecule has 0 aromatic rings. The lowest BCUT2D eigenvalue weighted by Crippen LogP contribution is -2.21. The maximum Gasteiger partial charge on any atom is 0.508 e. The Morgan fingerprint density at radius 2 is 2.33 bits per heavy atom. The molecule has 1 unspecified atom stereocenters. The Morgan fingerprint density at radius 3 is 2.93 bits per heavy atom. The fourth-order valence-corrected chi connectivity index (χ4v) is 0.950. The van der Waals surface area contributed by atoms with Crippen LogP contribution in [0.2, 0.25) is 0 Å². The van der Waals surface area contributed by atoms with E-state index in [1.165, 1.54) is 0 Å². The van der Waals surface area contributed by atoms with Crippen LogP contribution in [0, 0.1) is 0 Å². The van der Waals surface area contributed by atoms with Crippen molar-refractivity contribution in [3.05, 3.63) is 0 Å². The fraction of sp³-hybridized carbons (Fsp3) is 0.778. The zero-order valence-corrected chi connectivity index (χ0v) is 8.56. The molecule has 0 aromatic carbocycles. The number of unbranched alkanes of at least 4 members (excludes halogenated alkanes) is 1. The number of hydrogen-bond donors (Lipinski definition) is 0. The molecule has 0 bridgehead atoms. The number of carbonyl (C=O) groups excluding carboxylic acids is 2. The minimum Gasteiger partial charge on any atom is -0.434 e. The van der Waals surface area contributed by atoms with Gasteiger partial charge >= 0.3 is 12.3 Å². The number of hydrogen-bond acceptors (Lipinski definition) is 6. The predicted molar refractivity (Wildman–Crippen MR) is 48.4 cm³/mol. The smallest absolute Gasteiger partial charge is 0.434 e. The lowest BCUT2D eigenvalue weighted by molar-refractivity contribution is 0.0241. The normalized spacial score (nSPS) is 19.3. The van der Waals surface area contributed by atoms with Crippen LogP contribution in [0.1, 0.15) is 19.8 Å². The number of rotatable bonds is 5. The highest BCUT2D eigenvalue weighted by Crippen LogP contribution is 2.06. The summed E-state index contributed by atoms with van der Waals surface area (Å²) in [7, 11) is 0. The molecular weight excluding hydrogens is 204 g/mol. The van der Waals surface area contributed by atoms with Crippen molar-refractivity contribution in [3.63, 3.8) is 0 Å². The molecule has 0 N–H and O–H groups in total. The first kappa shape index (κ1) is 11.6. The summed E-state index contributed by atoms with van der Waals surface area (Å²) in [6.45, 7) is 2.41. The van der Waals surface area contributed by atoms with Gasteiger partial charge in [-0.05, 0) is 6.42 Å². The van der Waals surface area contributed by atoms with Gasteiger partial charge in [0.15, 0.2) is 6.10 Å². The zero-order valence-electron chi connectivity index (χ0n) is 8.56. The lowest BCUT2D eigenvalue weighted by atomic mass is 10.4. The summed E-state index contributed by atoms with van der Waals surface area (Å²) in [6.07, 6.45) is -0.247. The van der Waals surface area contributed by atoms with E-state index in [0.717, 1.165) is 12.8 Å². The molecule has 6 heteroatoms. The Labute approximate surface area is 87.4 Å². The van der Waals surface area contributed by atoms with Gasteiger partial charge in [0.2, 0.25) is 0 Å². The number of cyclic esters (lactones) is 2. The van der Waals surface area contributed by atoms with E-state index in [1.807, 2.05) is 6.92 Å². The summed E-state index contributed by atoms with van der Waals surface area (Å²) >= 11 is 0. The van der Waals surface area contributed by atoms with Gasteiger partial charge in [-0.3, -0.25) is 0 Å². The van der Waals surface area contributed by atoms with Crippen LogP contribution in [0.5, 0.6) is 0 Å². The van der Waals surface area contributed by atoms with E-state index in [4.69, 9.17) is 9.47 Å². The Bertz CT molecular complexity index is 227. The molecule has 0 amide bonds. The van der Waals surface area contributed by atoms with Crippen molar-refractivity contribution in [1.29, 1.82) is 0 Å². The molecule has 0 aliphatic carbocycles. The molecule has 1 heterocycles. The lowest BCUT2D eigenvalue weighted by Gasteiger charge is -2.07. The summed E-state index contributed by atoms with van der Waals surface area (Å²) in [5, 5.41) is 0. The molecular formula is C9H14O6. The summed E-state index contributed by atoms with van der Waals surface area (Å²) in [4.78, 5) is 21.4. The Kier molecular flexibility index (Phi) is 4.73. The summed E-state index contributed by atoms with van der Waals surface area (Å²) < 4.78 is 18.6. The molecule has 0 aromatic heterocycles. The second-order valence-electron chi connectivity index (χ2n) is 3.06. The van der Waals surface area contributed by atoms with Crippen molar-refractivity contribution in [2.75, 3.05) is 19.8 Å². The van der Waals surface area contributed by atoms with E-state index in [-0.39, 0.29) is 13.2 Å². The van der Waals surface area contributed by atoms with Gasteiger partial charge in [0.05, 0.1) is 6.61 Å². The third kappa shape index (κ3) is 4.53. The standard InChI is InChI=1S/C9H14O6/c1-2-3-4-12-8(10)13-5-7-6-14-9(11)15-7/h7H,2-6H2,1H3. The van der Waals surface area contributed by atoms with Crippen LogP contribution in [0.4, 0.5) is 9.59 Å². The quantitative estimate of drug-likeness (QED) is 0.514. The maximum atomic E-state index is 10.9. The monoisotopic (exact) mass is 218 g/mol. The van der Waals surface area contributed by atoms with Crippen molar-refractivity contribution < 1.29 is 28.5 Å². The maximum absolute atomic E-state index is 10.9. The second-order valence-corrected chi connectivity index (χ2v) is 3.06. The summed E-state index contributed by atoms with van der Waals surface area (Å²) in [5.41, 5.74) is 0. The molecule has 15 heavy (non-hydrogen) atoms. The van der Waals surface area contributed by atoms with Gasteiger partial charge in [-0.25, -0.2) is 9.59 Å². The number of carbonyl (C=O) groups is 2. The zero-order chi connectivity index (χ0) is 11.1. The molecule has 1 atom stereocenters. The predicted octanol–water partition coefficient (Wildman–Crippen LogP) is 1.48. The van der Waals surface area contributed by atoms with Crippen LogP contribution in [-0.2, 0) is 18.9 Å². The molecule has 1 aliphatic heterocycles. The van der Waals surface area contributed by atoms with Crippen LogP contribution >= 0.6 is 0 Å². The van der Waals surface area contributed by atoms with Gasteiger partial charge < -0.3 is 18.9 Å². The minimum atomic E-state index is -0.744. The van der Waals surface area contributed by atoms with E-state index in [0.29, 0.717) is 6.61 Å². The van der Waals surface area contributed by atoms with Crippen LogP contribution in [0.3, 0.4) is 0 Å². The number of ether oxygens (including phenoxy) is 4. The molecule has 1 aliphatic rings. The topological polar surface area (TPSA) is 71.1 Å². The highest BCUT2D eigenvalue weighted by Gasteiger charge is 2.26. The third-order valence-corrected chi connectivity index (χ3v) is 1.75. The Balaban J connectivity index is 2.03. The van der Waals surface area contributed by atoms with Crippen LogP contribution in [-0.4, -0.2) is 38.2 Å². The fourth-order valence-electron chi connectivity index (χ4n) is 0.950. The SMILES string of the molecule is CCCCOC(=O)OCC1COC(=O)O1. The van der Waals surface area contributed by atoms with Crippen molar-refractivity contribution in [2.45, 2.75) is 25.9 Å². The van der Waals surface area contributed by atoms with Crippen molar-refractivity contribution in [1.82, 2.24) is 0 Å². The second kappa shape index (κ2) is 6.10. The largest absolute Gasteiger partial charge is 0.508 e. The van der Waals surface area contributed by atoms with E-state index in [2.05, 4.69) is 9.47 Å². The summed E-state index contributed by atoms with van der Waals surface area (Å²) in [5.74, 6) is 0. The molecule has 1 rings (SSSR count). The van der Waals surface area contributed by atoms with Gasteiger partial charge in [-0.1, -0.05) is 13.3 Å². The van der Waals surface area contributed by atoms with E-state index in [1.54, 1.807) is 0 Å². The average molecular weight is 218 g/mol. The van der Waals surface area contributed by atoms with E-state index in [9.17, 15) is 9.59 Å². The highest BCUT2D eigenvalue weighted by atomic mass is 16.8. The van der Waals surface area contributed by atoms with Crippen molar-refractivity contribution in [2.24, 2.45) is 0 Å². The van der Waals surface area contributed by atoms with E-state index >= 15 is 0 Å². The van der Waals surface area contributed by atoms with Gasteiger partial charge in [0.25, 0.3) is 0 Å². The molecule has 1 fully saturated rings. The highest BCUT2D eigenvalue weighted by molar-refractivity contribution is 5.62. The Morgan fingerprint density at radius 1 is 1.53 bits per heavy atom. The van der Waals surface area contributed by atoms with Crippen molar-refractivity contribution >= 4 is 12.3 Å². The Hall–Kier alpha value is -1.46. The van der Waals surface area contributed by atoms with Gasteiger partial charge in [-0.2, -0.15) is 0 Å². The van der Waals surface area contributed by atoms with Gasteiger partial charge in [-0.15, -0.1) is 0 Å². The van der Waals surface area contributed by atoms with Crippen LogP contribution in [0.25, 0.3) is 0 Å². The summed E-state index contributed by atoms with van der Waals surface area (Å²) in [6, 6.07) is 0. The molecule has 0 spiro atoms. The minimum absolute atomic E-state index is 0.0311. The first-order chi connectivity index (χ1) is 7.22. The van der Waals surface area contributed by atoms with Crippen LogP contribution < -0.4 is 0 Å². The van der Waals surface area contributed by atoms with Crippen molar-refractivity contribution in [3.8, 4) is 0 Å². The van der Waals surface area contributed by atoms with E-state index < -0.39 is 18.4 Å². The van der Waals surface area contributed by atoms with Gasteiger partial charge in [0, 0.05) is 0 Å². The molecule has 1 saturated heterocycles.